The number of anilines is 1. The number of nitrogens with one attached hydrogen (secondary N) is 2. The zero-order valence-electron chi connectivity index (χ0n) is 17.0. The number of hydrogen-bond acceptors (Lipinski definition) is 4. The number of carbonyl (C=O) groups is 1. The Kier molecular flexibility index (Phi) is 6.54. The minimum Gasteiger partial charge on any atom is -0.490 e. The number of aromatic nitrogens is 1. The first-order valence-corrected chi connectivity index (χ1v) is 9.92. The van der Waals surface area contributed by atoms with Crippen LogP contribution in [-0.4, -0.2) is 24.1 Å². The second-order valence-corrected chi connectivity index (χ2v) is 6.65. The number of carbonyl (C=O) groups excluding carboxylic acids is 1. The third-order valence-electron chi connectivity index (χ3n) is 4.51. The van der Waals surface area contributed by atoms with Crippen molar-refractivity contribution in [2.45, 2.75) is 33.6 Å². The number of pyridine rings is 1. The standard InChI is InChI=1S/C23H26N2O4/c1-4-7-15-13-22(26)25-19-14-17(9-10-18(15)19)24-23(27)16-8-11-20(28-5-2)21(12-16)29-6-3/h8-14H,4-7H2,1-3H3,(H,24,27)(H,25,26). The van der Waals surface area contributed by atoms with Gasteiger partial charge in [0.2, 0.25) is 5.56 Å². The number of H-pyrrole nitrogens is 1. The minimum absolute atomic E-state index is 0.141. The predicted octanol–water partition coefficient (Wildman–Crippen LogP) is 4.53. The van der Waals surface area contributed by atoms with Crippen LogP contribution in [0.2, 0.25) is 0 Å². The van der Waals surface area contributed by atoms with E-state index in [0.717, 1.165) is 23.8 Å². The van der Waals surface area contributed by atoms with E-state index in [1.807, 2.05) is 26.0 Å². The van der Waals surface area contributed by atoms with Crippen LogP contribution >= 0.6 is 0 Å². The molecule has 152 valence electrons. The normalized spacial score (nSPS) is 10.7. The van der Waals surface area contributed by atoms with Crippen LogP contribution in [-0.2, 0) is 6.42 Å². The summed E-state index contributed by atoms with van der Waals surface area (Å²) in [6.07, 6.45) is 1.79. The fraction of sp³-hybridized carbons (Fsp3) is 0.304. The van der Waals surface area contributed by atoms with Gasteiger partial charge in [-0.25, -0.2) is 0 Å². The average Bonchev–Trinajstić information content (AvgIpc) is 2.69. The zero-order chi connectivity index (χ0) is 20.8. The summed E-state index contributed by atoms with van der Waals surface area (Å²) in [6, 6.07) is 12.3. The van der Waals surface area contributed by atoms with Crippen molar-refractivity contribution in [1.82, 2.24) is 4.98 Å². The van der Waals surface area contributed by atoms with E-state index in [1.165, 1.54) is 0 Å². The van der Waals surface area contributed by atoms with E-state index in [2.05, 4.69) is 17.2 Å². The summed E-state index contributed by atoms with van der Waals surface area (Å²) < 4.78 is 11.1. The molecule has 1 amide bonds. The van der Waals surface area contributed by atoms with Crippen LogP contribution < -0.4 is 20.3 Å². The lowest BCUT2D eigenvalue weighted by atomic mass is 10.0. The Hall–Kier alpha value is -3.28. The molecule has 0 aliphatic rings. The highest BCUT2D eigenvalue weighted by molar-refractivity contribution is 6.05. The number of ether oxygens (including phenoxy) is 2. The first-order chi connectivity index (χ1) is 14.0. The summed E-state index contributed by atoms with van der Waals surface area (Å²) in [6.45, 7) is 6.84. The van der Waals surface area contributed by atoms with Crippen LogP contribution in [0, 0.1) is 0 Å². The van der Waals surface area contributed by atoms with E-state index in [9.17, 15) is 9.59 Å². The fourth-order valence-electron chi connectivity index (χ4n) is 3.28. The lowest BCUT2D eigenvalue weighted by Gasteiger charge is -2.13. The average molecular weight is 394 g/mol. The van der Waals surface area contributed by atoms with E-state index in [-0.39, 0.29) is 11.5 Å². The van der Waals surface area contributed by atoms with E-state index in [4.69, 9.17) is 9.47 Å². The quantitative estimate of drug-likeness (QED) is 0.588. The fourth-order valence-corrected chi connectivity index (χ4v) is 3.28. The van der Waals surface area contributed by atoms with Gasteiger partial charge in [0.15, 0.2) is 11.5 Å². The molecule has 6 nitrogen and oxygen atoms in total. The summed E-state index contributed by atoms with van der Waals surface area (Å²) in [5.74, 6) is 0.882. The Bertz CT molecular complexity index is 1070. The maximum atomic E-state index is 12.7. The molecule has 0 saturated carbocycles. The maximum absolute atomic E-state index is 12.7. The number of aromatic amines is 1. The van der Waals surface area contributed by atoms with Crippen molar-refractivity contribution < 1.29 is 14.3 Å². The highest BCUT2D eigenvalue weighted by atomic mass is 16.5. The van der Waals surface area contributed by atoms with Gasteiger partial charge < -0.3 is 19.8 Å². The van der Waals surface area contributed by atoms with Crippen molar-refractivity contribution in [1.29, 1.82) is 0 Å². The second kappa shape index (κ2) is 9.28. The molecule has 6 heteroatoms. The first kappa shape index (κ1) is 20.5. The molecule has 1 aromatic heterocycles. The van der Waals surface area contributed by atoms with Crippen molar-refractivity contribution in [2.75, 3.05) is 18.5 Å². The van der Waals surface area contributed by atoms with Gasteiger partial charge in [-0.2, -0.15) is 0 Å². The monoisotopic (exact) mass is 394 g/mol. The van der Waals surface area contributed by atoms with E-state index < -0.39 is 0 Å². The zero-order valence-corrected chi connectivity index (χ0v) is 17.0. The molecule has 1 heterocycles. The molecule has 29 heavy (non-hydrogen) atoms. The lowest BCUT2D eigenvalue weighted by Crippen LogP contribution is -2.13. The molecule has 0 radical (unpaired) electrons. The minimum atomic E-state index is -0.264. The summed E-state index contributed by atoms with van der Waals surface area (Å²) in [5.41, 5.74) is 2.65. The third-order valence-corrected chi connectivity index (χ3v) is 4.51. The van der Waals surface area contributed by atoms with Gasteiger partial charge in [0, 0.05) is 22.7 Å². The second-order valence-electron chi connectivity index (χ2n) is 6.65. The van der Waals surface area contributed by atoms with Crippen molar-refractivity contribution in [2.24, 2.45) is 0 Å². The number of rotatable bonds is 8. The largest absolute Gasteiger partial charge is 0.490 e. The highest BCUT2D eigenvalue weighted by Crippen LogP contribution is 2.29. The molecule has 0 spiro atoms. The first-order valence-electron chi connectivity index (χ1n) is 9.92. The SMILES string of the molecule is CCCc1cc(=O)[nH]c2cc(NC(=O)c3ccc(OCC)c(OCC)c3)ccc12. The van der Waals surface area contributed by atoms with Gasteiger partial charge in [-0.3, -0.25) is 9.59 Å². The van der Waals surface area contributed by atoms with Gasteiger partial charge in [0.1, 0.15) is 0 Å². The van der Waals surface area contributed by atoms with Crippen molar-refractivity contribution in [3.8, 4) is 11.5 Å². The maximum Gasteiger partial charge on any atom is 0.255 e. The molecule has 0 saturated heterocycles. The van der Waals surface area contributed by atoms with Crippen LogP contribution in [0.3, 0.4) is 0 Å². The van der Waals surface area contributed by atoms with Crippen LogP contribution in [0.15, 0.2) is 47.3 Å². The Morgan fingerprint density at radius 1 is 0.966 bits per heavy atom. The molecule has 0 bridgehead atoms. The van der Waals surface area contributed by atoms with Crippen LogP contribution in [0.1, 0.15) is 43.1 Å². The van der Waals surface area contributed by atoms with Crippen molar-refractivity contribution >= 4 is 22.5 Å². The highest BCUT2D eigenvalue weighted by Gasteiger charge is 2.13. The van der Waals surface area contributed by atoms with E-state index >= 15 is 0 Å². The van der Waals surface area contributed by atoms with Gasteiger partial charge in [-0.15, -0.1) is 0 Å². The summed E-state index contributed by atoms with van der Waals surface area (Å²) in [4.78, 5) is 27.5. The molecule has 2 N–H and O–H groups in total. The van der Waals surface area contributed by atoms with Gasteiger partial charge in [-0.1, -0.05) is 19.4 Å². The van der Waals surface area contributed by atoms with Crippen LogP contribution in [0.4, 0.5) is 5.69 Å². The molecule has 3 rings (SSSR count). The smallest absolute Gasteiger partial charge is 0.255 e. The van der Waals surface area contributed by atoms with E-state index in [1.54, 1.807) is 30.3 Å². The Morgan fingerprint density at radius 3 is 2.45 bits per heavy atom. The van der Waals surface area contributed by atoms with Gasteiger partial charge in [0.25, 0.3) is 5.91 Å². The lowest BCUT2D eigenvalue weighted by molar-refractivity contribution is 0.102. The molecule has 0 unspecified atom stereocenters. The van der Waals surface area contributed by atoms with Crippen LogP contribution in [0.25, 0.3) is 10.9 Å². The molecule has 3 aromatic rings. The Labute approximate surface area is 169 Å². The molecular weight excluding hydrogens is 368 g/mol. The number of amides is 1. The Morgan fingerprint density at radius 2 is 1.72 bits per heavy atom. The number of aryl methyl sites for hydroxylation is 1. The number of fused-ring (bicyclic) bond motifs is 1. The number of benzene rings is 2. The van der Waals surface area contributed by atoms with Crippen molar-refractivity contribution in [3.05, 3.63) is 63.9 Å². The molecule has 0 fully saturated rings. The van der Waals surface area contributed by atoms with Crippen molar-refractivity contribution in [3.63, 3.8) is 0 Å². The molecular formula is C23H26N2O4. The predicted molar refractivity (Wildman–Crippen MR) is 115 cm³/mol. The number of hydrogen-bond donors (Lipinski definition) is 2. The van der Waals surface area contributed by atoms with Gasteiger partial charge in [0.05, 0.1) is 18.7 Å². The summed E-state index contributed by atoms with van der Waals surface area (Å²) in [7, 11) is 0. The Balaban J connectivity index is 1.87. The molecule has 0 aliphatic heterocycles. The van der Waals surface area contributed by atoms with Crippen LogP contribution in [0.5, 0.6) is 11.5 Å². The summed E-state index contributed by atoms with van der Waals surface area (Å²) in [5, 5.41) is 3.87. The molecule has 0 atom stereocenters. The van der Waals surface area contributed by atoms with Gasteiger partial charge >= 0.3 is 0 Å². The molecule has 0 aliphatic carbocycles. The third kappa shape index (κ3) is 4.77. The molecule has 2 aromatic carbocycles. The topological polar surface area (TPSA) is 80.4 Å². The summed E-state index contributed by atoms with van der Waals surface area (Å²) >= 11 is 0. The van der Waals surface area contributed by atoms with E-state index in [0.29, 0.717) is 41.5 Å². The van der Waals surface area contributed by atoms with Gasteiger partial charge in [-0.05, 0) is 56.2 Å².